The van der Waals surface area contributed by atoms with Crippen molar-refractivity contribution in [2.24, 2.45) is 5.73 Å². The maximum absolute atomic E-state index is 12.3. The number of halogens is 1. The number of primary amides is 1. The summed E-state index contributed by atoms with van der Waals surface area (Å²) in [4.78, 5) is 25.5. The van der Waals surface area contributed by atoms with Crippen LogP contribution in [0.25, 0.3) is 6.08 Å². The molecule has 1 aliphatic rings. The van der Waals surface area contributed by atoms with Crippen LogP contribution in [0.1, 0.15) is 52.0 Å². The Hall–Kier alpha value is -2.11. The number of thiophene rings is 1. The summed E-state index contributed by atoms with van der Waals surface area (Å²) in [5.41, 5.74) is 7.96. The van der Waals surface area contributed by atoms with Crippen molar-refractivity contribution in [2.45, 2.75) is 38.5 Å². The second kappa shape index (κ2) is 8.52. The Morgan fingerprint density at radius 1 is 1.15 bits per heavy atom. The highest BCUT2D eigenvalue weighted by molar-refractivity contribution is 7.17. The first-order valence-electron chi connectivity index (χ1n) is 8.73. The normalized spacial score (nSPS) is 14.5. The summed E-state index contributed by atoms with van der Waals surface area (Å²) < 4.78 is 0. The molecule has 0 radical (unpaired) electrons. The Labute approximate surface area is 162 Å². The molecule has 0 unspecified atom stereocenters. The highest BCUT2D eigenvalue weighted by Crippen LogP contribution is 2.36. The summed E-state index contributed by atoms with van der Waals surface area (Å²) in [5.74, 6) is -0.765. The van der Waals surface area contributed by atoms with E-state index in [-0.39, 0.29) is 5.91 Å². The van der Waals surface area contributed by atoms with Crippen molar-refractivity contribution in [3.05, 3.63) is 56.9 Å². The number of benzene rings is 1. The van der Waals surface area contributed by atoms with Gasteiger partial charge in [0.05, 0.1) is 5.56 Å². The third-order valence-corrected chi connectivity index (χ3v) is 5.87. The minimum absolute atomic E-state index is 0.290. The first-order chi connectivity index (χ1) is 12.5. The fourth-order valence-corrected chi connectivity index (χ4v) is 4.70. The van der Waals surface area contributed by atoms with E-state index in [4.69, 9.17) is 17.3 Å². The van der Waals surface area contributed by atoms with Gasteiger partial charge < -0.3 is 11.1 Å². The van der Waals surface area contributed by atoms with E-state index >= 15 is 0 Å². The summed E-state index contributed by atoms with van der Waals surface area (Å²) in [6.07, 6.45) is 9.43. The lowest BCUT2D eigenvalue weighted by Crippen LogP contribution is -2.17. The molecule has 3 rings (SSSR count). The van der Waals surface area contributed by atoms with Gasteiger partial charge >= 0.3 is 0 Å². The molecule has 0 saturated carbocycles. The molecule has 4 nitrogen and oxygen atoms in total. The summed E-state index contributed by atoms with van der Waals surface area (Å²) >= 11 is 7.42. The third-order valence-electron chi connectivity index (χ3n) is 4.43. The molecule has 26 heavy (non-hydrogen) atoms. The molecule has 2 amide bonds. The number of carbonyl (C=O) groups excluding carboxylic acids is 2. The second-order valence-electron chi connectivity index (χ2n) is 6.36. The standard InChI is InChI=1S/C20H21ClN2O2S/c21-14-7-5-6-13(12-14)10-11-17(24)23-20-18(19(22)25)15-8-3-1-2-4-9-16(15)26-20/h5-7,10-12H,1-4,8-9H2,(H2,22,25)(H,23,24). The Balaban J connectivity index is 1.81. The number of carbonyl (C=O) groups is 2. The van der Waals surface area contributed by atoms with Gasteiger partial charge in [0.25, 0.3) is 5.91 Å². The van der Waals surface area contributed by atoms with Crippen LogP contribution in [0.2, 0.25) is 5.02 Å². The topological polar surface area (TPSA) is 72.2 Å². The van der Waals surface area contributed by atoms with Crippen molar-refractivity contribution in [2.75, 3.05) is 5.32 Å². The zero-order chi connectivity index (χ0) is 18.5. The largest absolute Gasteiger partial charge is 0.365 e. The maximum Gasteiger partial charge on any atom is 0.251 e. The van der Waals surface area contributed by atoms with Gasteiger partial charge in [0.15, 0.2) is 0 Å². The molecule has 0 bridgehead atoms. The van der Waals surface area contributed by atoms with Gasteiger partial charge in [-0.2, -0.15) is 0 Å². The van der Waals surface area contributed by atoms with Gasteiger partial charge in [-0.25, -0.2) is 0 Å². The number of hydrogen-bond acceptors (Lipinski definition) is 3. The molecular formula is C20H21ClN2O2S. The second-order valence-corrected chi connectivity index (χ2v) is 7.91. The zero-order valence-electron chi connectivity index (χ0n) is 14.4. The van der Waals surface area contributed by atoms with Crippen molar-refractivity contribution < 1.29 is 9.59 Å². The van der Waals surface area contributed by atoms with Crippen LogP contribution in [0.15, 0.2) is 30.3 Å². The average Bonchev–Trinajstić information content (AvgIpc) is 2.89. The zero-order valence-corrected chi connectivity index (χ0v) is 16.0. The molecule has 6 heteroatoms. The molecule has 1 aromatic carbocycles. The van der Waals surface area contributed by atoms with Crippen molar-refractivity contribution in [3.63, 3.8) is 0 Å². The number of nitrogens with two attached hydrogens (primary N) is 1. The fraction of sp³-hybridized carbons (Fsp3) is 0.300. The van der Waals surface area contributed by atoms with E-state index in [1.807, 2.05) is 12.1 Å². The van der Waals surface area contributed by atoms with E-state index < -0.39 is 5.91 Å². The molecule has 1 aromatic heterocycles. The molecule has 3 N–H and O–H groups in total. The van der Waals surface area contributed by atoms with E-state index in [9.17, 15) is 9.59 Å². The molecule has 1 heterocycles. The van der Waals surface area contributed by atoms with Crippen molar-refractivity contribution in [1.82, 2.24) is 0 Å². The number of nitrogens with one attached hydrogen (secondary N) is 1. The molecule has 136 valence electrons. The minimum Gasteiger partial charge on any atom is -0.365 e. The van der Waals surface area contributed by atoms with Gasteiger partial charge in [0.1, 0.15) is 5.00 Å². The van der Waals surface area contributed by atoms with Gasteiger partial charge in [0, 0.05) is 16.0 Å². The van der Waals surface area contributed by atoms with Crippen molar-refractivity contribution in [3.8, 4) is 0 Å². The summed E-state index contributed by atoms with van der Waals surface area (Å²) in [7, 11) is 0. The van der Waals surface area contributed by atoms with Gasteiger partial charge in [-0.3, -0.25) is 9.59 Å². The van der Waals surface area contributed by atoms with Gasteiger partial charge in [-0.1, -0.05) is 36.6 Å². The van der Waals surface area contributed by atoms with E-state index in [0.29, 0.717) is 15.6 Å². The molecular weight excluding hydrogens is 368 g/mol. The SMILES string of the molecule is NC(=O)c1c(NC(=O)C=Cc2cccc(Cl)c2)sc2c1CCCCCC2. The predicted molar refractivity (Wildman–Crippen MR) is 108 cm³/mol. The van der Waals surface area contributed by atoms with E-state index in [0.717, 1.165) is 43.2 Å². The van der Waals surface area contributed by atoms with Crippen LogP contribution >= 0.6 is 22.9 Å². The minimum atomic E-state index is -0.475. The first kappa shape index (κ1) is 18.7. The molecule has 2 aromatic rings. The molecule has 0 saturated heterocycles. The monoisotopic (exact) mass is 388 g/mol. The average molecular weight is 389 g/mol. The number of amides is 2. The fourth-order valence-electron chi connectivity index (χ4n) is 3.20. The smallest absolute Gasteiger partial charge is 0.251 e. The molecule has 1 aliphatic carbocycles. The summed E-state index contributed by atoms with van der Waals surface area (Å²) in [6.45, 7) is 0. The van der Waals surface area contributed by atoms with Crippen LogP contribution < -0.4 is 11.1 Å². The van der Waals surface area contributed by atoms with Crippen LogP contribution in [0.4, 0.5) is 5.00 Å². The van der Waals surface area contributed by atoms with E-state index in [2.05, 4.69) is 5.32 Å². The van der Waals surface area contributed by atoms with Gasteiger partial charge in [-0.15, -0.1) is 11.3 Å². The van der Waals surface area contributed by atoms with Crippen molar-refractivity contribution in [1.29, 1.82) is 0 Å². The maximum atomic E-state index is 12.3. The van der Waals surface area contributed by atoms with Crippen LogP contribution in [0.5, 0.6) is 0 Å². The lowest BCUT2D eigenvalue weighted by Gasteiger charge is -2.10. The highest BCUT2D eigenvalue weighted by atomic mass is 35.5. The lowest BCUT2D eigenvalue weighted by atomic mass is 9.96. The van der Waals surface area contributed by atoms with E-state index in [1.165, 1.54) is 28.7 Å². The van der Waals surface area contributed by atoms with Crippen LogP contribution in [-0.2, 0) is 17.6 Å². The number of anilines is 1. The first-order valence-corrected chi connectivity index (χ1v) is 9.93. The highest BCUT2D eigenvalue weighted by Gasteiger charge is 2.23. The number of fused-ring (bicyclic) bond motifs is 1. The molecule has 0 atom stereocenters. The third kappa shape index (κ3) is 4.54. The van der Waals surface area contributed by atoms with E-state index in [1.54, 1.807) is 18.2 Å². The predicted octanol–water partition coefficient (Wildman–Crippen LogP) is 4.81. The summed E-state index contributed by atoms with van der Waals surface area (Å²) in [5, 5.41) is 4.01. The van der Waals surface area contributed by atoms with Crippen molar-refractivity contribution >= 4 is 45.8 Å². The quantitative estimate of drug-likeness (QED) is 0.737. The van der Waals surface area contributed by atoms with Gasteiger partial charge in [-0.05, 0) is 55.0 Å². The Kier molecular flexibility index (Phi) is 6.12. The Morgan fingerprint density at radius 2 is 1.92 bits per heavy atom. The number of rotatable bonds is 4. The summed E-state index contributed by atoms with van der Waals surface area (Å²) in [6, 6.07) is 7.24. The Morgan fingerprint density at radius 3 is 2.65 bits per heavy atom. The van der Waals surface area contributed by atoms with Crippen LogP contribution in [0.3, 0.4) is 0 Å². The van der Waals surface area contributed by atoms with Gasteiger partial charge in [0.2, 0.25) is 5.91 Å². The molecule has 0 fully saturated rings. The lowest BCUT2D eigenvalue weighted by molar-refractivity contribution is -0.111. The number of aryl methyl sites for hydroxylation is 1. The van der Waals surface area contributed by atoms with Crippen LogP contribution in [0, 0.1) is 0 Å². The number of hydrogen-bond donors (Lipinski definition) is 2. The molecule has 0 spiro atoms. The Bertz CT molecular complexity index is 857. The van der Waals surface area contributed by atoms with Crippen LogP contribution in [-0.4, -0.2) is 11.8 Å². The molecule has 0 aliphatic heterocycles.